The quantitative estimate of drug-likeness (QED) is 0.713. The third-order valence-electron chi connectivity index (χ3n) is 3.08. The Morgan fingerprint density at radius 2 is 2.19 bits per heavy atom. The predicted molar refractivity (Wildman–Crippen MR) is 64.3 cm³/mol. The zero-order chi connectivity index (χ0) is 12.1. The number of nitrogens with zero attached hydrogens (tertiary/aromatic N) is 1. The largest absolute Gasteiger partial charge is 0.465 e. The molecule has 0 spiro atoms. The summed E-state index contributed by atoms with van der Waals surface area (Å²) in [5.74, 6) is -0.148. The zero-order valence-corrected chi connectivity index (χ0v) is 10.8. The van der Waals surface area contributed by atoms with Crippen molar-refractivity contribution in [3.05, 3.63) is 0 Å². The average Bonchev–Trinajstić information content (AvgIpc) is 2.66. The Hall–Kier alpha value is -0.610. The van der Waals surface area contributed by atoms with E-state index in [1.54, 1.807) is 0 Å². The Kier molecular flexibility index (Phi) is 5.22. The van der Waals surface area contributed by atoms with Crippen LogP contribution in [-0.4, -0.2) is 48.7 Å². The Balaban J connectivity index is 2.31. The minimum atomic E-state index is -0.197. The van der Waals surface area contributed by atoms with E-state index in [1.165, 1.54) is 0 Å². The van der Waals surface area contributed by atoms with Crippen LogP contribution in [0.3, 0.4) is 0 Å². The van der Waals surface area contributed by atoms with E-state index >= 15 is 0 Å². The van der Waals surface area contributed by atoms with Gasteiger partial charge in [-0.3, -0.25) is 9.69 Å². The maximum atomic E-state index is 11.4. The lowest BCUT2D eigenvalue weighted by Gasteiger charge is -2.22. The van der Waals surface area contributed by atoms with Gasteiger partial charge in [0.1, 0.15) is 6.04 Å². The number of hydrogen-bond donors (Lipinski definition) is 1. The van der Waals surface area contributed by atoms with Gasteiger partial charge < -0.3 is 10.1 Å². The molecular formula is C12H24N2O2. The lowest BCUT2D eigenvalue weighted by Crippen LogP contribution is -2.44. The Morgan fingerprint density at radius 1 is 1.50 bits per heavy atom. The Labute approximate surface area is 98.3 Å². The van der Waals surface area contributed by atoms with Crippen molar-refractivity contribution in [1.82, 2.24) is 10.2 Å². The summed E-state index contributed by atoms with van der Waals surface area (Å²) >= 11 is 0. The molecule has 16 heavy (non-hydrogen) atoms. The van der Waals surface area contributed by atoms with Gasteiger partial charge in [0.15, 0.2) is 0 Å². The molecule has 1 saturated heterocycles. The standard InChI is InChI=1S/C12H24N2O2/c1-5-16-12(15)10(4)13-11-6-7-14(8-11)9(2)3/h9-11,13H,5-8H2,1-4H3. The third kappa shape index (κ3) is 3.76. The highest BCUT2D eigenvalue weighted by Gasteiger charge is 2.26. The van der Waals surface area contributed by atoms with Gasteiger partial charge >= 0.3 is 5.97 Å². The first kappa shape index (κ1) is 13.5. The second-order valence-corrected chi connectivity index (χ2v) is 4.71. The molecule has 1 aliphatic heterocycles. The van der Waals surface area contributed by atoms with Crippen LogP contribution < -0.4 is 5.32 Å². The van der Waals surface area contributed by atoms with Crippen molar-refractivity contribution in [3.8, 4) is 0 Å². The second-order valence-electron chi connectivity index (χ2n) is 4.71. The highest BCUT2D eigenvalue weighted by atomic mass is 16.5. The molecule has 1 aliphatic rings. The monoisotopic (exact) mass is 228 g/mol. The molecule has 1 rings (SSSR count). The molecule has 1 fully saturated rings. The van der Waals surface area contributed by atoms with Crippen molar-refractivity contribution in [1.29, 1.82) is 0 Å². The fourth-order valence-electron chi connectivity index (χ4n) is 2.08. The van der Waals surface area contributed by atoms with Crippen LogP contribution in [0.1, 0.15) is 34.1 Å². The average molecular weight is 228 g/mol. The molecular weight excluding hydrogens is 204 g/mol. The first-order valence-electron chi connectivity index (χ1n) is 6.21. The Morgan fingerprint density at radius 3 is 2.69 bits per heavy atom. The summed E-state index contributed by atoms with van der Waals surface area (Å²) in [4.78, 5) is 13.9. The minimum Gasteiger partial charge on any atom is -0.465 e. The Bertz CT molecular complexity index is 231. The second kappa shape index (κ2) is 6.21. The highest BCUT2D eigenvalue weighted by molar-refractivity contribution is 5.75. The topological polar surface area (TPSA) is 41.6 Å². The van der Waals surface area contributed by atoms with Crippen LogP contribution in [0.5, 0.6) is 0 Å². The number of carbonyl (C=O) groups excluding carboxylic acids is 1. The molecule has 0 bridgehead atoms. The van der Waals surface area contributed by atoms with Crippen molar-refractivity contribution in [2.24, 2.45) is 0 Å². The van der Waals surface area contributed by atoms with Crippen molar-refractivity contribution < 1.29 is 9.53 Å². The van der Waals surface area contributed by atoms with Crippen LogP contribution in [-0.2, 0) is 9.53 Å². The van der Waals surface area contributed by atoms with E-state index in [2.05, 4.69) is 24.1 Å². The molecule has 0 amide bonds. The summed E-state index contributed by atoms with van der Waals surface area (Å²) in [6.45, 7) is 10.7. The van der Waals surface area contributed by atoms with Gasteiger partial charge in [0.25, 0.3) is 0 Å². The van der Waals surface area contributed by atoms with Crippen LogP contribution in [0.4, 0.5) is 0 Å². The van der Waals surface area contributed by atoms with Crippen LogP contribution in [0.15, 0.2) is 0 Å². The maximum Gasteiger partial charge on any atom is 0.322 e. The summed E-state index contributed by atoms with van der Waals surface area (Å²) in [5.41, 5.74) is 0. The lowest BCUT2D eigenvalue weighted by molar-refractivity contribution is -0.145. The number of likely N-dealkylation sites (tertiary alicyclic amines) is 1. The summed E-state index contributed by atoms with van der Waals surface area (Å²) < 4.78 is 4.97. The lowest BCUT2D eigenvalue weighted by atomic mass is 10.2. The van der Waals surface area contributed by atoms with E-state index in [1.807, 2.05) is 13.8 Å². The summed E-state index contributed by atoms with van der Waals surface area (Å²) in [7, 11) is 0. The predicted octanol–water partition coefficient (Wildman–Crippen LogP) is 1.01. The van der Waals surface area contributed by atoms with Gasteiger partial charge in [0, 0.05) is 18.6 Å². The van der Waals surface area contributed by atoms with Crippen LogP contribution >= 0.6 is 0 Å². The first-order chi connectivity index (χ1) is 7.54. The van der Waals surface area contributed by atoms with Gasteiger partial charge in [-0.2, -0.15) is 0 Å². The number of hydrogen-bond acceptors (Lipinski definition) is 4. The van der Waals surface area contributed by atoms with Crippen molar-refractivity contribution in [2.45, 2.75) is 52.2 Å². The number of rotatable bonds is 5. The molecule has 0 saturated carbocycles. The summed E-state index contributed by atoms with van der Waals surface area (Å²) in [5, 5.41) is 3.33. The van der Waals surface area contributed by atoms with E-state index in [-0.39, 0.29) is 12.0 Å². The smallest absolute Gasteiger partial charge is 0.322 e. The van der Waals surface area contributed by atoms with E-state index in [0.717, 1.165) is 19.5 Å². The van der Waals surface area contributed by atoms with Gasteiger partial charge in [-0.05, 0) is 40.7 Å². The molecule has 0 aliphatic carbocycles. The van der Waals surface area contributed by atoms with Crippen LogP contribution in [0.2, 0.25) is 0 Å². The van der Waals surface area contributed by atoms with E-state index < -0.39 is 0 Å². The van der Waals surface area contributed by atoms with E-state index in [4.69, 9.17) is 4.74 Å². The van der Waals surface area contributed by atoms with Crippen molar-refractivity contribution >= 4 is 5.97 Å². The molecule has 1 N–H and O–H groups in total. The number of ether oxygens (including phenoxy) is 1. The first-order valence-corrected chi connectivity index (χ1v) is 6.21. The van der Waals surface area contributed by atoms with Gasteiger partial charge in [0.05, 0.1) is 6.61 Å². The minimum absolute atomic E-state index is 0.148. The number of esters is 1. The van der Waals surface area contributed by atoms with Gasteiger partial charge in [-0.25, -0.2) is 0 Å². The number of nitrogens with one attached hydrogen (secondary N) is 1. The van der Waals surface area contributed by atoms with Gasteiger partial charge in [-0.1, -0.05) is 0 Å². The molecule has 0 aromatic rings. The number of carbonyl (C=O) groups is 1. The normalized spacial score (nSPS) is 23.7. The van der Waals surface area contributed by atoms with E-state index in [9.17, 15) is 4.79 Å². The molecule has 0 aromatic carbocycles. The van der Waals surface area contributed by atoms with E-state index in [0.29, 0.717) is 18.7 Å². The molecule has 2 unspecified atom stereocenters. The molecule has 1 heterocycles. The molecule has 4 nitrogen and oxygen atoms in total. The molecule has 94 valence electrons. The van der Waals surface area contributed by atoms with Crippen molar-refractivity contribution in [2.75, 3.05) is 19.7 Å². The summed E-state index contributed by atoms with van der Waals surface area (Å²) in [6, 6.07) is 0.809. The maximum absolute atomic E-state index is 11.4. The molecule has 0 radical (unpaired) electrons. The van der Waals surface area contributed by atoms with Crippen LogP contribution in [0.25, 0.3) is 0 Å². The zero-order valence-electron chi connectivity index (χ0n) is 10.8. The van der Waals surface area contributed by atoms with Gasteiger partial charge in [-0.15, -0.1) is 0 Å². The molecule has 0 aromatic heterocycles. The third-order valence-corrected chi connectivity index (χ3v) is 3.08. The fraction of sp³-hybridized carbons (Fsp3) is 0.917. The summed E-state index contributed by atoms with van der Waals surface area (Å²) in [6.07, 6.45) is 1.11. The molecule has 2 atom stereocenters. The van der Waals surface area contributed by atoms with Crippen molar-refractivity contribution in [3.63, 3.8) is 0 Å². The SMILES string of the molecule is CCOC(=O)C(C)NC1CCN(C(C)C)C1. The van der Waals surface area contributed by atoms with Crippen LogP contribution in [0, 0.1) is 0 Å². The molecule has 4 heteroatoms. The highest BCUT2D eigenvalue weighted by Crippen LogP contribution is 2.12. The fourth-order valence-corrected chi connectivity index (χ4v) is 2.08. The van der Waals surface area contributed by atoms with Gasteiger partial charge in [0.2, 0.25) is 0 Å².